The van der Waals surface area contributed by atoms with Crippen LogP contribution in [0.4, 0.5) is 0 Å². The molecule has 1 aliphatic heterocycles. The second-order valence-corrected chi connectivity index (χ2v) is 21.2. The molecular weight excluding hydrogens is 1140 g/mol. The van der Waals surface area contributed by atoms with Gasteiger partial charge in [0.2, 0.25) is 59.1 Å². The van der Waals surface area contributed by atoms with Gasteiger partial charge in [-0.1, -0.05) is 34.1 Å². The largest absolute Gasteiger partial charge is 0.481 e. The first-order valence-corrected chi connectivity index (χ1v) is 27.9. The maximum absolute atomic E-state index is 14.3. The Hall–Kier alpha value is -8.82. The van der Waals surface area contributed by atoms with Gasteiger partial charge in [-0.05, 0) is 76.2 Å². The van der Waals surface area contributed by atoms with Crippen LogP contribution >= 0.6 is 0 Å². The Morgan fingerprint density at radius 1 is 0.593 bits per heavy atom. The summed E-state index contributed by atoms with van der Waals surface area (Å²) in [4.78, 5) is 204. The molecule has 0 spiro atoms. The van der Waals surface area contributed by atoms with Crippen LogP contribution in [0.3, 0.4) is 0 Å². The fraction of sp³-hybridized carbons (Fsp3) is 0.654. The average Bonchev–Trinajstić information content (AvgIpc) is 2.92. The smallest absolute Gasteiger partial charge is 0.326 e. The molecule has 1 fully saturated rings. The summed E-state index contributed by atoms with van der Waals surface area (Å²) in [6.45, 7) is 6.76. The van der Waals surface area contributed by atoms with Crippen LogP contribution in [-0.4, -0.2) is 203 Å². The number of primary amides is 1. The molecule has 34 heteroatoms. The molecule has 20 N–H and O–H groups in total. The highest BCUT2D eigenvalue weighted by Crippen LogP contribution is 2.21. The molecule has 34 nitrogen and oxygen atoms in total. The highest BCUT2D eigenvalue weighted by molar-refractivity contribution is 6.00. The summed E-state index contributed by atoms with van der Waals surface area (Å²) < 4.78 is 0. The number of aromatic nitrogens is 2. The molecule has 1 aliphatic rings. The number of hydrogen-bond acceptors (Lipinski definition) is 18. The summed E-state index contributed by atoms with van der Waals surface area (Å²) in [7, 11) is 0. The van der Waals surface area contributed by atoms with Crippen molar-refractivity contribution in [2.45, 2.75) is 191 Å². The van der Waals surface area contributed by atoms with Gasteiger partial charge in [0, 0.05) is 44.1 Å². The first kappa shape index (κ1) is 73.3. The number of aliphatic carboxylic acids is 5. The molecule has 0 unspecified atom stereocenters. The van der Waals surface area contributed by atoms with Crippen molar-refractivity contribution in [2.24, 2.45) is 29.0 Å². The number of H-pyrrole nitrogens is 1. The van der Waals surface area contributed by atoms with E-state index in [1.807, 2.05) is 0 Å². The summed E-state index contributed by atoms with van der Waals surface area (Å²) in [5.74, 6) is -19.3. The molecule has 0 bridgehead atoms. The first-order valence-electron chi connectivity index (χ1n) is 27.9. The van der Waals surface area contributed by atoms with Crippen LogP contribution < -0.4 is 59.7 Å². The van der Waals surface area contributed by atoms with E-state index in [-0.39, 0.29) is 51.6 Å². The van der Waals surface area contributed by atoms with E-state index in [0.717, 1.165) is 4.90 Å². The molecule has 2 heterocycles. The number of nitrogens with one attached hydrogen (secondary N) is 9. The third kappa shape index (κ3) is 26.0. The van der Waals surface area contributed by atoms with E-state index < -0.39 is 213 Å². The number of rotatable bonds is 41. The number of carboxylic acid groups (broad SMARTS) is 5. The third-order valence-corrected chi connectivity index (χ3v) is 13.7. The van der Waals surface area contributed by atoms with Crippen LogP contribution in [0.5, 0.6) is 0 Å². The molecule has 0 saturated carbocycles. The Morgan fingerprint density at radius 3 is 1.53 bits per heavy atom. The number of likely N-dealkylation sites (tertiary alicyclic amines) is 1. The lowest BCUT2D eigenvalue weighted by atomic mass is 9.96. The minimum atomic E-state index is -2.03. The van der Waals surface area contributed by atoms with Crippen molar-refractivity contribution in [3.63, 3.8) is 0 Å². The van der Waals surface area contributed by atoms with E-state index in [2.05, 4.69) is 52.5 Å². The Labute approximate surface area is 493 Å². The third-order valence-electron chi connectivity index (χ3n) is 13.7. The van der Waals surface area contributed by atoms with Crippen LogP contribution in [0, 0.1) is 11.8 Å². The van der Waals surface area contributed by atoms with E-state index >= 15 is 0 Å². The van der Waals surface area contributed by atoms with Crippen molar-refractivity contribution >= 4 is 88.9 Å². The van der Waals surface area contributed by atoms with Crippen molar-refractivity contribution in [3.05, 3.63) is 18.2 Å². The minimum absolute atomic E-state index is 0.0982. The van der Waals surface area contributed by atoms with Crippen molar-refractivity contribution < 1.29 is 97.5 Å². The summed E-state index contributed by atoms with van der Waals surface area (Å²) in [6, 6.07) is -16.3. The lowest BCUT2D eigenvalue weighted by Crippen LogP contribution is -2.61. The van der Waals surface area contributed by atoms with E-state index in [9.17, 15) is 92.3 Å². The second kappa shape index (κ2) is 36.8. The van der Waals surface area contributed by atoms with Gasteiger partial charge in [-0.15, -0.1) is 0 Å². The first-order chi connectivity index (χ1) is 40.4. The van der Waals surface area contributed by atoms with Crippen LogP contribution in [0.25, 0.3) is 0 Å². The Morgan fingerprint density at radius 2 is 1.06 bits per heavy atom. The molecule has 0 aromatic carbocycles. The standard InChI is InChI=1S/C52H82N14O20/c1-5-26(4)42(50(83)64-35(20-27-23-56-24-57-27)51(84)66-18-8-10-36(66)52(85)86)65-46(79)29(9-6-7-17-53)58-49(82)34(22-41(74)75)63-44(77)30(12-14-37(55)67)59-47(80)32(19-25(2)3)62-45(78)31(13-16-39(70)71)60-48(81)33(21-40(72)73)61-43(76)28(54)11-15-38(68)69/h23-26,28-36,42H,5-22,53-54H2,1-4H3,(H2,55,67)(H,56,57)(H,58,82)(H,59,80)(H,60,81)(H,61,76)(H,62,78)(H,63,77)(H,64,83)(H,65,79)(H,68,69)(H,70,71)(H,72,73)(H,74,75)(H,85,86)/t26-,28-,29-,30-,31-,32-,33-,34-,35-,36-,42-/m0/s1. The minimum Gasteiger partial charge on any atom is -0.481 e. The van der Waals surface area contributed by atoms with Crippen molar-refractivity contribution in [3.8, 4) is 0 Å². The van der Waals surface area contributed by atoms with Crippen LogP contribution in [0.15, 0.2) is 12.5 Å². The van der Waals surface area contributed by atoms with Crippen molar-refractivity contribution in [2.75, 3.05) is 13.1 Å². The van der Waals surface area contributed by atoms with Gasteiger partial charge in [-0.3, -0.25) is 67.1 Å². The zero-order valence-electron chi connectivity index (χ0n) is 48.3. The van der Waals surface area contributed by atoms with Gasteiger partial charge in [0.1, 0.15) is 54.4 Å². The number of nitrogens with zero attached hydrogens (tertiary/aromatic N) is 2. The van der Waals surface area contributed by atoms with E-state index in [4.69, 9.17) is 22.3 Å². The predicted molar refractivity (Wildman–Crippen MR) is 297 cm³/mol. The number of hydrogen-bond donors (Lipinski definition) is 17. The molecule has 10 amide bonds. The lowest BCUT2D eigenvalue weighted by Gasteiger charge is -2.31. The van der Waals surface area contributed by atoms with Gasteiger partial charge >= 0.3 is 29.8 Å². The number of imidazole rings is 1. The number of carboxylic acids is 5. The molecule has 0 radical (unpaired) electrons. The van der Waals surface area contributed by atoms with Gasteiger partial charge in [0.25, 0.3) is 0 Å². The number of unbranched alkanes of at least 4 members (excludes halogenated alkanes) is 1. The number of carbonyl (C=O) groups is 15. The molecule has 86 heavy (non-hydrogen) atoms. The number of nitrogens with two attached hydrogens (primary N) is 3. The van der Waals surface area contributed by atoms with E-state index in [1.165, 1.54) is 12.5 Å². The molecular formula is C52H82N14O20. The second-order valence-electron chi connectivity index (χ2n) is 21.2. The van der Waals surface area contributed by atoms with Gasteiger partial charge < -0.3 is 95.2 Å². The maximum atomic E-state index is 14.3. The number of carbonyl (C=O) groups excluding carboxylic acids is 10. The predicted octanol–water partition coefficient (Wildman–Crippen LogP) is -4.60. The monoisotopic (exact) mass is 1220 g/mol. The van der Waals surface area contributed by atoms with Crippen molar-refractivity contribution in [1.82, 2.24) is 57.4 Å². The SMILES string of the molecule is CC[C@H](C)[C@H](NC(=O)[C@H](CCCCN)NC(=O)[C@H](CC(=O)O)NC(=O)[C@H](CCC(N)=O)NC(=O)[C@H](CC(C)C)NC(=O)[C@H](CCC(=O)O)NC(=O)[C@H](CC(=O)O)NC(=O)[C@@H](N)CCC(=O)O)C(=O)N[C@@H](Cc1cnc[nH]1)C(=O)N1CCC[C@H]1C(=O)O. The summed E-state index contributed by atoms with van der Waals surface area (Å²) >= 11 is 0. The molecule has 1 aromatic heterocycles. The molecule has 2 rings (SSSR count). The fourth-order valence-corrected chi connectivity index (χ4v) is 8.90. The Kier molecular flexibility index (Phi) is 31.4. The lowest BCUT2D eigenvalue weighted by molar-refractivity contribution is -0.149. The van der Waals surface area contributed by atoms with Crippen LogP contribution in [0.2, 0.25) is 0 Å². The fourth-order valence-electron chi connectivity index (χ4n) is 8.90. The highest BCUT2D eigenvalue weighted by atomic mass is 16.4. The van der Waals surface area contributed by atoms with Gasteiger partial charge in [-0.25, -0.2) is 9.78 Å². The molecule has 11 atom stereocenters. The number of aromatic amines is 1. The Balaban J connectivity index is 2.48. The summed E-state index contributed by atoms with van der Waals surface area (Å²) in [6.07, 6.45) is -2.35. The maximum Gasteiger partial charge on any atom is 0.326 e. The van der Waals surface area contributed by atoms with E-state index in [0.29, 0.717) is 18.5 Å². The van der Waals surface area contributed by atoms with Crippen LogP contribution in [0.1, 0.15) is 130 Å². The molecule has 1 saturated heterocycles. The quantitative estimate of drug-likeness (QED) is 0.0274. The normalized spacial score (nSPS) is 16.4. The average molecular weight is 1220 g/mol. The van der Waals surface area contributed by atoms with E-state index in [1.54, 1.807) is 27.7 Å². The zero-order valence-corrected chi connectivity index (χ0v) is 48.3. The molecule has 480 valence electrons. The Bertz CT molecular complexity index is 2570. The van der Waals surface area contributed by atoms with Crippen LogP contribution in [-0.2, 0) is 78.3 Å². The topological polar surface area (TPSA) is 563 Å². The van der Waals surface area contributed by atoms with Crippen molar-refractivity contribution in [1.29, 1.82) is 0 Å². The molecule has 1 aromatic rings. The van der Waals surface area contributed by atoms with Gasteiger partial charge in [-0.2, -0.15) is 0 Å². The number of amides is 10. The summed E-state index contributed by atoms with van der Waals surface area (Å²) in [5.41, 5.74) is 17.2. The highest BCUT2D eigenvalue weighted by Gasteiger charge is 2.41. The molecule has 0 aliphatic carbocycles. The van der Waals surface area contributed by atoms with Gasteiger partial charge in [0.05, 0.1) is 25.2 Å². The zero-order chi connectivity index (χ0) is 65.0. The summed E-state index contributed by atoms with van der Waals surface area (Å²) in [5, 5.41) is 66.5. The van der Waals surface area contributed by atoms with Gasteiger partial charge in [0.15, 0.2) is 0 Å².